The molecular formula is C29H29N3O4S. The van der Waals surface area contributed by atoms with Crippen molar-refractivity contribution in [1.29, 1.82) is 0 Å². The van der Waals surface area contributed by atoms with Gasteiger partial charge in [0, 0.05) is 30.1 Å². The smallest absolute Gasteiger partial charge is 0.335 e. The van der Waals surface area contributed by atoms with Gasteiger partial charge in [0.2, 0.25) is 0 Å². The number of anilines is 1. The predicted octanol–water partition coefficient (Wildman–Crippen LogP) is 6.41. The van der Waals surface area contributed by atoms with E-state index in [1.54, 1.807) is 23.5 Å². The maximum absolute atomic E-state index is 11.3. The Hall–Kier alpha value is -3.23. The zero-order chi connectivity index (χ0) is 25.1. The van der Waals surface area contributed by atoms with Gasteiger partial charge in [-0.05, 0) is 68.2 Å². The molecule has 1 spiro atoms. The molecule has 7 nitrogen and oxygen atoms in total. The van der Waals surface area contributed by atoms with E-state index in [1.165, 1.54) is 18.4 Å². The van der Waals surface area contributed by atoms with E-state index < -0.39 is 5.97 Å². The Morgan fingerprint density at radius 1 is 1.24 bits per heavy atom. The van der Waals surface area contributed by atoms with Gasteiger partial charge in [0.15, 0.2) is 5.13 Å². The van der Waals surface area contributed by atoms with Gasteiger partial charge in [-0.25, -0.2) is 9.78 Å². The van der Waals surface area contributed by atoms with Gasteiger partial charge in [0.05, 0.1) is 28.5 Å². The largest absolute Gasteiger partial charge is 0.478 e. The third kappa shape index (κ3) is 4.12. The van der Waals surface area contributed by atoms with E-state index in [0.29, 0.717) is 18.1 Å². The number of carboxylic acids is 1. The first-order chi connectivity index (χ1) is 18.0. The van der Waals surface area contributed by atoms with Crippen LogP contribution in [0.5, 0.6) is 0 Å². The van der Waals surface area contributed by atoms with Gasteiger partial charge in [-0.2, -0.15) is 0 Å². The molecule has 4 aromatic rings. The summed E-state index contributed by atoms with van der Waals surface area (Å²) in [4.78, 5) is 18.5. The number of hydrogen-bond donors (Lipinski definition) is 1. The summed E-state index contributed by atoms with van der Waals surface area (Å²) >= 11 is 1.58. The molecule has 2 aromatic carbocycles. The van der Waals surface area contributed by atoms with Crippen LogP contribution in [0.15, 0.2) is 47.0 Å². The quantitative estimate of drug-likeness (QED) is 0.304. The van der Waals surface area contributed by atoms with E-state index >= 15 is 0 Å². The maximum Gasteiger partial charge on any atom is 0.335 e. The number of rotatable bonds is 7. The molecule has 190 valence electrons. The van der Waals surface area contributed by atoms with Crippen molar-refractivity contribution in [2.75, 3.05) is 18.0 Å². The van der Waals surface area contributed by atoms with E-state index in [9.17, 15) is 9.90 Å². The Balaban J connectivity index is 1.01. The van der Waals surface area contributed by atoms with E-state index in [0.717, 1.165) is 70.3 Å². The van der Waals surface area contributed by atoms with Gasteiger partial charge in [-0.3, -0.25) is 0 Å². The molecule has 3 heterocycles. The summed E-state index contributed by atoms with van der Waals surface area (Å²) in [5.41, 5.74) is 5.83. The zero-order valence-electron chi connectivity index (χ0n) is 20.8. The molecule has 0 unspecified atom stereocenters. The Morgan fingerprint density at radius 3 is 2.86 bits per heavy atom. The lowest BCUT2D eigenvalue weighted by Gasteiger charge is -2.44. The topological polar surface area (TPSA) is 88.7 Å². The van der Waals surface area contributed by atoms with Crippen LogP contribution >= 0.6 is 11.3 Å². The van der Waals surface area contributed by atoms with Crippen LogP contribution in [-0.4, -0.2) is 40.4 Å². The number of benzene rings is 2. The summed E-state index contributed by atoms with van der Waals surface area (Å²) < 4.78 is 13.2. The number of nitrogens with zero attached hydrogens (tertiary/aromatic N) is 3. The number of carbonyl (C=O) groups is 1. The molecule has 3 fully saturated rings. The Kier molecular flexibility index (Phi) is 5.37. The second kappa shape index (κ2) is 8.67. The average molecular weight is 516 g/mol. The number of ether oxygens (including phenoxy) is 1. The number of aromatic nitrogens is 2. The number of hydrogen-bond acceptors (Lipinski definition) is 7. The van der Waals surface area contributed by atoms with Crippen molar-refractivity contribution in [1.82, 2.24) is 10.1 Å². The first-order valence-corrected chi connectivity index (χ1v) is 13.8. The van der Waals surface area contributed by atoms with Gasteiger partial charge in [-0.1, -0.05) is 40.8 Å². The minimum Gasteiger partial charge on any atom is -0.478 e. The molecule has 0 atom stereocenters. The number of thiazole rings is 1. The number of carboxylic acid groups (broad SMARTS) is 1. The van der Waals surface area contributed by atoms with Crippen molar-refractivity contribution < 1.29 is 19.2 Å². The third-order valence-electron chi connectivity index (χ3n) is 8.28. The number of aromatic carboxylic acids is 1. The fraction of sp³-hybridized carbons (Fsp3) is 0.414. The molecule has 0 radical (unpaired) electrons. The fourth-order valence-electron chi connectivity index (χ4n) is 6.02. The SMILES string of the molecule is Cc1ccccc1-c1noc(C2CC2)c1COC1CC2(CCN(c3nc4ccc(C(=O)O)cc4s3)C2)C1. The van der Waals surface area contributed by atoms with Crippen molar-refractivity contribution in [2.45, 2.75) is 57.7 Å². The minimum atomic E-state index is -0.904. The van der Waals surface area contributed by atoms with Crippen molar-refractivity contribution in [3.63, 3.8) is 0 Å². The Bertz CT molecular complexity index is 1500. The highest BCUT2D eigenvalue weighted by Gasteiger charge is 2.49. The van der Waals surface area contributed by atoms with Crippen LogP contribution in [-0.2, 0) is 11.3 Å². The molecule has 37 heavy (non-hydrogen) atoms. The van der Waals surface area contributed by atoms with E-state index in [-0.39, 0.29) is 11.5 Å². The predicted molar refractivity (Wildman–Crippen MR) is 142 cm³/mol. The fourth-order valence-corrected chi connectivity index (χ4v) is 7.05. The normalized spacial score (nSPS) is 23.2. The monoisotopic (exact) mass is 515 g/mol. The molecule has 2 aliphatic carbocycles. The van der Waals surface area contributed by atoms with Crippen molar-refractivity contribution in [2.24, 2.45) is 5.41 Å². The van der Waals surface area contributed by atoms with E-state index in [2.05, 4.69) is 41.2 Å². The molecule has 0 amide bonds. The second-order valence-corrected chi connectivity index (χ2v) is 12.0. The summed E-state index contributed by atoms with van der Waals surface area (Å²) in [5.74, 6) is 0.598. The van der Waals surface area contributed by atoms with E-state index in [1.807, 2.05) is 6.07 Å². The summed E-state index contributed by atoms with van der Waals surface area (Å²) in [5, 5.41) is 14.7. The standard InChI is InChI=1S/C29H29N3O4S/c1-17-4-2-3-5-21(17)25-22(26(36-31-25)18-6-7-18)15-35-20-13-29(14-20)10-11-32(16-29)28-30-23-9-8-19(27(33)34)12-24(23)37-28/h2-5,8-9,12,18,20H,6-7,10-11,13-16H2,1H3,(H,33,34). The first kappa shape index (κ1) is 22.9. The van der Waals surface area contributed by atoms with Gasteiger partial charge < -0.3 is 19.3 Å². The maximum atomic E-state index is 11.3. The lowest BCUT2D eigenvalue weighted by atomic mass is 9.66. The molecular weight excluding hydrogens is 486 g/mol. The van der Waals surface area contributed by atoms with E-state index in [4.69, 9.17) is 14.2 Å². The number of fused-ring (bicyclic) bond motifs is 1. The molecule has 3 aliphatic rings. The van der Waals surface area contributed by atoms with Gasteiger partial charge in [0.25, 0.3) is 0 Å². The molecule has 1 aliphatic heterocycles. The highest BCUT2D eigenvalue weighted by molar-refractivity contribution is 7.22. The molecule has 0 bridgehead atoms. The van der Waals surface area contributed by atoms with Crippen molar-refractivity contribution in [3.05, 3.63) is 64.9 Å². The minimum absolute atomic E-state index is 0.250. The molecule has 2 aromatic heterocycles. The Morgan fingerprint density at radius 2 is 2.08 bits per heavy atom. The van der Waals surface area contributed by atoms with Crippen LogP contribution < -0.4 is 4.90 Å². The van der Waals surface area contributed by atoms with Gasteiger partial charge in [0.1, 0.15) is 11.5 Å². The zero-order valence-corrected chi connectivity index (χ0v) is 21.6. The molecule has 2 saturated carbocycles. The molecule has 7 rings (SSSR count). The summed E-state index contributed by atoms with van der Waals surface area (Å²) in [6, 6.07) is 13.5. The number of aryl methyl sites for hydroxylation is 1. The highest BCUT2D eigenvalue weighted by atomic mass is 32.1. The first-order valence-electron chi connectivity index (χ1n) is 13.0. The van der Waals surface area contributed by atoms with Crippen LogP contribution in [0, 0.1) is 12.3 Å². The lowest BCUT2D eigenvalue weighted by Crippen LogP contribution is -2.44. The van der Waals surface area contributed by atoms with Crippen LogP contribution in [0.25, 0.3) is 21.5 Å². The summed E-state index contributed by atoms with van der Waals surface area (Å²) in [6.07, 6.45) is 5.84. The highest BCUT2D eigenvalue weighted by Crippen LogP contribution is 2.51. The second-order valence-electron chi connectivity index (χ2n) is 11.0. The van der Waals surface area contributed by atoms with Gasteiger partial charge >= 0.3 is 5.97 Å². The molecule has 1 N–H and O–H groups in total. The molecule has 1 saturated heterocycles. The Labute approximate surface area is 219 Å². The average Bonchev–Trinajstić information content (AvgIpc) is 3.28. The van der Waals surface area contributed by atoms with Crippen molar-refractivity contribution in [3.8, 4) is 11.3 Å². The van der Waals surface area contributed by atoms with Crippen LogP contribution in [0.1, 0.15) is 65.3 Å². The van der Waals surface area contributed by atoms with Crippen LogP contribution in [0.2, 0.25) is 0 Å². The summed E-state index contributed by atoms with van der Waals surface area (Å²) in [7, 11) is 0. The lowest BCUT2D eigenvalue weighted by molar-refractivity contribution is -0.0796. The van der Waals surface area contributed by atoms with Crippen LogP contribution in [0.3, 0.4) is 0 Å². The molecule has 8 heteroatoms. The summed E-state index contributed by atoms with van der Waals surface area (Å²) in [6.45, 7) is 4.62. The van der Waals surface area contributed by atoms with Crippen molar-refractivity contribution >= 4 is 32.7 Å². The van der Waals surface area contributed by atoms with Crippen LogP contribution in [0.4, 0.5) is 5.13 Å². The third-order valence-corrected chi connectivity index (χ3v) is 9.36. The van der Waals surface area contributed by atoms with Gasteiger partial charge in [-0.15, -0.1) is 0 Å².